The van der Waals surface area contributed by atoms with Gasteiger partial charge in [-0.3, -0.25) is 0 Å². The van der Waals surface area contributed by atoms with E-state index in [1.54, 1.807) is 0 Å². The lowest BCUT2D eigenvalue weighted by molar-refractivity contribution is 1.31. The number of aromatic amines is 1. The average Bonchev–Trinajstić information content (AvgIpc) is 2.50. The Hall–Kier alpha value is -0.830. The summed E-state index contributed by atoms with van der Waals surface area (Å²) >= 11 is 3.40. The van der Waals surface area contributed by atoms with Gasteiger partial charge in [0.2, 0.25) is 0 Å². The van der Waals surface area contributed by atoms with E-state index in [2.05, 4.69) is 38.3 Å². The molecule has 0 aliphatic heterocycles. The summed E-state index contributed by atoms with van der Waals surface area (Å²) in [5.74, 6) is 0. The number of nitrogens with zero attached hydrogens (tertiary/aromatic N) is 1. The molecule has 1 heterocycles. The lowest BCUT2D eigenvalue weighted by atomic mass is 10.2. The van der Waals surface area contributed by atoms with Crippen LogP contribution in [0.5, 0.6) is 0 Å². The van der Waals surface area contributed by atoms with Crippen molar-refractivity contribution in [2.24, 2.45) is 0 Å². The molecule has 3 heteroatoms. The molecule has 55 valence electrons. The first-order valence-corrected chi connectivity index (χ1v) is 4.43. The molecule has 0 unspecified atom stereocenters. The monoisotopic (exact) mass is 209 g/mol. The van der Waals surface area contributed by atoms with Crippen molar-refractivity contribution in [3.8, 4) is 0 Å². The summed E-state index contributed by atoms with van der Waals surface area (Å²) in [5, 5.41) is 0.848. The van der Waals surface area contributed by atoms with Crippen molar-refractivity contribution in [3.05, 3.63) is 30.1 Å². The van der Waals surface area contributed by atoms with Gasteiger partial charge in [0, 0.05) is 5.33 Å². The largest absolute Gasteiger partial charge is 0.335 e. The number of rotatable bonds is 1. The number of H-pyrrole nitrogens is 1. The number of halogens is 1. The van der Waals surface area contributed by atoms with Crippen LogP contribution in [0.2, 0.25) is 0 Å². The van der Waals surface area contributed by atoms with Gasteiger partial charge in [0.05, 0.1) is 11.0 Å². The predicted molar refractivity (Wildman–Crippen MR) is 47.6 cm³/mol. The van der Waals surface area contributed by atoms with Crippen molar-refractivity contribution in [1.82, 2.24) is 9.97 Å². The second kappa shape index (κ2) is 2.66. The first kappa shape index (κ1) is 6.85. The summed E-state index contributed by atoms with van der Waals surface area (Å²) in [6.07, 6.45) is 2.72. The number of hydrogen-bond donors (Lipinski definition) is 1. The Balaban J connectivity index is 2.79. The van der Waals surface area contributed by atoms with E-state index in [0.717, 1.165) is 16.4 Å². The summed E-state index contributed by atoms with van der Waals surface area (Å²) < 4.78 is 0. The minimum atomic E-state index is 0.848. The molecule has 1 aromatic heterocycles. The molecule has 1 N–H and O–H groups in total. The summed E-state index contributed by atoms with van der Waals surface area (Å²) in [6.45, 7) is 0. The Labute approximate surface area is 72.8 Å². The molecule has 11 heavy (non-hydrogen) atoms. The molecular weight excluding hydrogens is 204 g/mol. The van der Waals surface area contributed by atoms with Crippen LogP contribution >= 0.6 is 15.9 Å². The lowest BCUT2D eigenvalue weighted by Gasteiger charge is -1.94. The first-order chi connectivity index (χ1) is 5.42. The SMILES string of the molecule is BrCc1cccc2n[c][nH]c12. The maximum Gasteiger partial charge on any atom is 0.174 e. The Morgan fingerprint density at radius 3 is 3.27 bits per heavy atom. The van der Waals surface area contributed by atoms with Crippen LogP contribution in [0.3, 0.4) is 0 Å². The molecular formula is C8H6BrN2. The standard InChI is InChI=1S/C8H6BrN2/c9-4-6-2-1-3-7-8(6)11-5-10-7/h1-3H,4H2,(H,10,11). The Morgan fingerprint density at radius 2 is 2.45 bits per heavy atom. The highest BCUT2D eigenvalue weighted by Crippen LogP contribution is 2.16. The van der Waals surface area contributed by atoms with Crippen LogP contribution in [0, 0.1) is 6.33 Å². The van der Waals surface area contributed by atoms with E-state index in [-0.39, 0.29) is 0 Å². The zero-order valence-corrected chi connectivity index (χ0v) is 7.35. The molecule has 0 fully saturated rings. The number of imidazole rings is 1. The van der Waals surface area contributed by atoms with Gasteiger partial charge in [0.15, 0.2) is 6.33 Å². The van der Waals surface area contributed by atoms with Gasteiger partial charge in [0.25, 0.3) is 0 Å². The molecule has 0 atom stereocenters. The molecule has 0 bridgehead atoms. The maximum atomic E-state index is 4.03. The zero-order chi connectivity index (χ0) is 7.68. The summed E-state index contributed by atoms with van der Waals surface area (Å²) in [6, 6.07) is 6.02. The van der Waals surface area contributed by atoms with Crippen molar-refractivity contribution in [1.29, 1.82) is 0 Å². The smallest absolute Gasteiger partial charge is 0.174 e. The Kier molecular flexibility index (Phi) is 1.66. The molecule has 0 amide bonds. The van der Waals surface area contributed by atoms with Gasteiger partial charge in [-0.2, -0.15) is 0 Å². The number of aromatic nitrogens is 2. The van der Waals surface area contributed by atoms with E-state index in [9.17, 15) is 0 Å². The predicted octanol–water partition coefficient (Wildman–Crippen LogP) is 2.26. The fourth-order valence-electron chi connectivity index (χ4n) is 1.08. The molecule has 2 aromatic rings. The van der Waals surface area contributed by atoms with E-state index in [4.69, 9.17) is 0 Å². The van der Waals surface area contributed by atoms with Crippen LogP contribution in [0.15, 0.2) is 18.2 Å². The number of fused-ring (bicyclic) bond motifs is 1. The van der Waals surface area contributed by atoms with Crippen LogP contribution in [0.25, 0.3) is 11.0 Å². The van der Waals surface area contributed by atoms with Gasteiger partial charge in [-0.15, -0.1) is 0 Å². The van der Waals surface area contributed by atoms with Crippen molar-refractivity contribution < 1.29 is 0 Å². The van der Waals surface area contributed by atoms with Crippen molar-refractivity contribution in [2.45, 2.75) is 5.33 Å². The third-order valence-corrected chi connectivity index (χ3v) is 2.23. The minimum absolute atomic E-state index is 0.848. The van der Waals surface area contributed by atoms with Crippen LogP contribution in [-0.4, -0.2) is 9.97 Å². The van der Waals surface area contributed by atoms with E-state index in [1.165, 1.54) is 5.56 Å². The highest BCUT2D eigenvalue weighted by atomic mass is 79.9. The third-order valence-electron chi connectivity index (χ3n) is 1.63. The quantitative estimate of drug-likeness (QED) is 0.718. The van der Waals surface area contributed by atoms with E-state index in [0.29, 0.717) is 0 Å². The maximum absolute atomic E-state index is 4.03. The van der Waals surface area contributed by atoms with Gasteiger partial charge < -0.3 is 4.98 Å². The third kappa shape index (κ3) is 1.05. The van der Waals surface area contributed by atoms with Crippen molar-refractivity contribution >= 4 is 27.0 Å². The summed E-state index contributed by atoms with van der Waals surface area (Å²) in [4.78, 5) is 7.00. The average molecular weight is 210 g/mol. The number of para-hydroxylation sites is 1. The van der Waals surface area contributed by atoms with Crippen LogP contribution < -0.4 is 0 Å². The van der Waals surface area contributed by atoms with Gasteiger partial charge in [-0.05, 0) is 11.6 Å². The van der Waals surface area contributed by atoms with Gasteiger partial charge in [-0.25, -0.2) is 4.98 Å². The molecule has 2 rings (SSSR count). The molecule has 1 aromatic carbocycles. The van der Waals surface area contributed by atoms with Crippen molar-refractivity contribution in [3.63, 3.8) is 0 Å². The number of nitrogens with one attached hydrogen (secondary N) is 1. The fourth-order valence-corrected chi connectivity index (χ4v) is 1.55. The van der Waals surface area contributed by atoms with Gasteiger partial charge in [-0.1, -0.05) is 28.1 Å². The second-order valence-electron chi connectivity index (χ2n) is 2.29. The summed E-state index contributed by atoms with van der Waals surface area (Å²) in [7, 11) is 0. The molecule has 0 saturated carbocycles. The Morgan fingerprint density at radius 1 is 1.55 bits per heavy atom. The zero-order valence-electron chi connectivity index (χ0n) is 5.76. The van der Waals surface area contributed by atoms with Crippen molar-refractivity contribution in [2.75, 3.05) is 0 Å². The van der Waals surface area contributed by atoms with Gasteiger partial charge in [0.1, 0.15) is 0 Å². The molecule has 1 radical (unpaired) electrons. The number of benzene rings is 1. The van der Waals surface area contributed by atoms with E-state index < -0.39 is 0 Å². The molecule has 2 nitrogen and oxygen atoms in total. The number of hydrogen-bond acceptors (Lipinski definition) is 1. The highest BCUT2D eigenvalue weighted by molar-refractivity contribution is 9.08. The normalized spacial score (nSPS) is 10.6. The van der Waals surface area contributed by atoms with Crippen LogP contribution in [0.4, 0.5) is 0 Å². The van der Waals surface area contributed by atoms with E-state index in [1.807, 2.05) is 12.1 Å². The fraction of sp³-hybridized carbons (Fsp3) is 0.125. The molecule has 0 spiro atoms. The first-order valence-electron chi connectivity index (χ1n) is 3.31. The van der Waals surface area contributed by atoms with E-state index >= 15 is 0 Å². The highest BCUT2D eigenvalue weighted by Gasteiger charge is 1.99. The molecule has 0 aliphatic carbocycles. The minimum Gasteiger partial charge on any atom is -0.335 e. The topological polar surface area (TPSA) is 28.7 Å². The van der Waals surface area contributed by atoms with Crippen LogP contribution in [-0.2, 0) is 5.33 Å². The number of alkyl halides is 1. The lowest BCUT2D eigenvalue weighted by Crippen LogP contribution is -1.78. The molecule has 0 saturated heterocycles. The summed E-state index contributed by atoms with van der Waals surface area (Å²) in [5.41, 5.74) is 3.27. The molecule has 0 aliphatic rings. The van der Waals surface area contributed by atoms with Crippen LogP contribution in [0.1, 0.15) is 5.56 Å². The second-order valence-corrected chi connectivity index (χ2v) is 2.85. The Bertz CT molecular complexity index is 367. The van der Waals surface area contributed by atoms with Gasteiger partial charge >= 0.3 is 0 Å².